The maximum Gasteiger partial charge on any atom is 0.264 e. The molecule has 0 saturated heterocycles. The van der Waals surface area contributed by atoms with Gasteiger partial charge in [0, 0.05) is 0 Å². The van der Waals surface area contributed by atoms with Gasteiger partial charge in [0.1, 0.15) is 0 Å². The summed E-state index contributed by atoms with van der Waals surface area (Å²) in [5.74, 6) is 0. The van der Waals surface area contributed by atoms with E-state index in [4.69, 9.17) is 0 Å². The second-order valence-corrected chi connectivity index (χ2v) is 8.02. The molecule has 0 radical (unpaired) electrons. The summed E-state index contributed by atoms with van der Waals surface area (Å²) >= 11 is 0. The Balaban J connectivity index is 1.93. The molecule has 4 rings (SSSR count). The molecule has 0 heterocycles. The minimum atomic E-state index is -4.01. The maximum atomic E-state index is 16.7. The largest absolute Gasteiger partial charge is 0.264 e. The van der Waals surface area contributed by atoms with Gasteiger partial charge < -0.3 is 0 Å². The predicted octanol–water partition coefficient (Wildman–Crippen LogP) is 7.66. The van der Waals surface area contributed by atoms with E-state index in [0.717, 1.165) is 0 Å². The smallest absolute Gasteiger partial charge is 0.234 e. The zero-order chi connectivity index (χ0) is 20.1. The summed E-state index contributed by atoms with van der Waals surface area (Å²) in [6.07, 6.45) is 0. The van der Waals surface area contributed by atoms with E-state index in [1.54, 1.807) is 48.5 Å². The molecule has 3 nitrogen and oxygen atoms in total. The third-order valence-corrected chi connectivity index (χ3v) is 6.20. The molecule has 0 aliphatic carbocycles. The van der Waals surface area contributed by atoms with E-state index in [2.05, 4.69) is 0 Å². The molecule has 5 heteroatoms. The van der Waals surface area contributed by atoms with Crippen LogP contribution in [0.2, 0.25) is 0 Å². The minimum Gasteiger partial charge on any atom is -0.234 e. The first-order chi connectivity index (χ1) is 14.2. The van der Waals surface area contributed by atoms with Crippen LogP contribution in [0, 0.1) is 4.61 Å². The normalized spacial score (nSPS) is 11.0. The van der Waals surface area contributed by atoms with Gasteiger partial charge in [-0.15, -0.1) is 3.89 Å². The molecule has 0 N–H and O–H groups in total. The van der Waals surface area contributed by atoms with E-state index < -0.39 is 10.4 Å². The van der Waals surface area contributed by atoms with E-state index in [0.29, 0.717) is 22.7 Å². The first-order valence-electron chi connectivity index (χ1n) is 9.24. The number of anilines is 4. The Hall–Kier alpha value is -3.53. The Bertz CT molecular complexity index is 989. The lowest BCUT2D eigenvalue weighted by atomic mass is 10.3. The Kier molecular flexibility index (Phi) is 5.34. The lowest BCUT2D eigenvalue weighted by molar-refractivity contribution is 0.889. The Morgan fingerprint density at radius 1 is 0.448 bits per heavy atom. The molecule has 0 spiro atoms. The third-order valence-electron chi connectivity index (χ3n) is 4.43. The van der Waals surface area contributed by atoms with Gasteiger partial charge in [0.05, 0.1) is 22.7 Å². The molecule has 0 fully saturated rings. The van der Waals surface area contributed by atoms with Crippen LogP contribution in [0.3, 0.4) is 0 Å². The van der Waals surface area contributed by atoms with Crippen molar-refractivity contribution in [2.75, 3.05) is 8.61 Å². The Morgan fingerprint density at radius 2 is 0.655 bits per heavy atom. The van der Waals surface area contributed by atoms with E-state index in [1.165, 1.54) is 8.61 Å². The van der Waals surface area contributed by atoms with Gasteiger partial charge in [-0.2, -0.15) is 4.61 Å². The molecule has 0 amide bonds. The topological polar surface area (TPSA) is 30.3 Å². The minimum absolute atomic E-state index is 0.565. The summed E-state index contributed by atoms with van der Waals surface area (Å²) in [4.78, 5) is 0. The van der Waals surface area contributed by atoms with Crippen molar-refractivity contribution in [3.63, 3.8) is 0 Å². The highest BCUT2D eigenvalue weighted by Crippen LogP contribution is 2.55. The Morgan fingerprint density at radius 3 is 0.862 bits per heavy atom. The van der Waals surface area contributed by atoms with Crippen molar-refractivity contribution >= 4 is 33.2 Å². The highest BCUT2D eigenvalue weighted by atomic mass is 32.3. The lowest BCUT2D eigenvalue weighted by Gasteiger charge is -2.37. The average Bonchev–Trinajstić information content (AvgIpc) is 2.77. The van der Waals surface area contributed by atoms with Crippen LogP contribution in [0.1, 0.15) is 0 Å². The summed E-state index contributed by atoms with van der Waals surface area (Å²) in [5.41, 5.74) is 2.26. The van der Waals surface area contributed by atoms with Crippen LogP contribution in [0.4, 0.5) is 26.6 Å². The zero-order valence-electron chi connectivity index (χ0n) is 15.7. The van der Waals surface area contributed by atoms with Gasteiger partial charge in [-0.05, 0) is 48.5 Å². The van der Waals surface area contributed by atoms with Crippen LogP contribution in [-0.4, -0.2) is 0 Å². The predicted molar refractivity (Wildman–Crippen MR) is 120 cm³/mol. The molecule has 0 aliphatic heterocycles. The van der Waals surface area contributed by atoms with Crippen LogP contribution >= 0.6 is 10.4 Å². The maximum absolute atomic E-state index is 16.7. The number of halogens is 1. The molecule has 0 aliphatic rings. The van der Waals surface area contributed by atoms with Gasteiger partial charge in [0.2, 0.25) is 0 Å². The molecule has 0 saturated carbocycles. The van der Waals surface area contributed by atoms with Crippen LogP contribution in [0.5, 0.6) is 0 Å². The Labute approximate surface area is 171 Å². The first-order valence-corrected chi connectivity index (χ1v) is 10.6. The standard InChI is InChI=1S/C24H20FN3S/c25-29(26,27(21-13-5-1-6-14-21)22-15-7-2-8-16-22)28(23-17-9-3-10-18-23)24-19-11-4-12-20-24/h1-20H. The second kappa shape index (κ2) is 8.23. The van der Waals surface area contributed by atoms with E-state index in [-0.39, 0.29) is 0 Å². The molecular weight excluding hydrogens is 381 g/mol. The van der Waals surface area contributed by atoms with Gasteiger partial charge in [-0.25, -0.2) is 8.61 Å². The number of para-hydroxylation sites is 4. The monoisotopic (exact) mass is 401 g/mol. The van der Waals surface area contributed by atoms with Crippen molar-refractivity contribution in [2.24, 2.45) is 0 Å². The van der Waals surface area contributed by atoms with Crippen LogP contribution < -0.4 is 8.61 Å². The molecule has 0 unspecified atom stereocenters. The molecular formula is C24H20FN3S. The molecule has 0 aromatic heterocycles. The van der Waals surface area contributed by atoms with Gasteiger partial charge >= 0.3 is 0 Å². The first kappa shape index (κ1) is 18.8. The second-order valence-electron chi connectivity index (χ2n) is 6.38. The molecule has 4 aromatic rings. The van der Waals surface area contributed by atoms with Crippen molar-refractivity contribution in [3.8, 4) is 0 Å². The van der Waals surface area contributed by atoms with Crippen molar-refractivity contribution in [1.29, 1.82) is 4.61 Å². The fraction of sp³-hybridized carbons (Fsp3) is 0. The molecule has 29 heavy (non-hydrogen) atoms. The van der Waals surface area contributed by atoms with Crippen LogP contribution in [-0.2, 0) is 0 Å². The van der Waals surface area contributed by atoms with Crippen LogP contribution in [0.15, 0.2) is 121 Å². The number of hydrogen-bond donors (Lipinski definition) is 0. The summed E-state index contributed by atoms with van der Waals surface area (Å²) in [7, 11) is -4.01. The van der Waals surface area contributed by atoms with E-state index >= 15 is 3.89 Å². The zero-order valence-corrected chi connectivity index (χ0v) is 16.5. The summed E-state index contributed by atoms with van der Waals surface area (Å²) in [5, 5.41) is 0. The van der Waals surface area contributed by atoms with Gasteiger partial charge in [-0.3, -0.25) is 0 Å². The van der Waals surface area contributed by atoms with Gasteiger partial charge in [0.25, 0.3) is 10.4 Å². The molecule has 144 valence electrons. The van der Waals surface area contributed by atoms with Crippen molar-refractivity contribution in [3.05, 3.63) is 121 Å². The molecule has 4 aromatic carbocycles. The quantitative estimate of drug-likeness (QED) is 0.351. The number of hydrogen-bond acceptors (Lipinski definition) is 3. The third kappa shape index (κ3) is 3.87. The van der Waals surface area contributed by atoms with E-state index in [1.807, 2.05) is 72.8 Å². The van der Waals surface area contributed by atoms with Gasteiger partial charge in [-0.1, -0.05) is 72.8 Å². The molecule has 0 bridgehead atoms. The SMILES string of the molecule is N#S(F)(N(c1ccccc1)c1ccccc1)N(c1ccccc1)c1ccccc1. The van der Waals surface area contributed by atoms with Crippen LogP contribution in [0.25, 0.3) is 0 Å². The average molecular weight is 402 g/mol. The lowest BCUT2D eigenvalue weighted by Crippen LogP contribution is -2.25. The number of benzene rings is 4. The summed E-state index contributed by atoms with van der Waals surface area (Å²) in [6, 6.07) is 36.4. The van der Waals surface area contributed by atoms with Crippen molar-refractivity contribution in [1.82, 2.24) is 0 Å². The van der Waals surface area contributed by atoms with E-state index in [9.17, 15) is 4.61 Å². The fourth-order valence-electron chi connectivity index (χ4n) is 3.17. The number of rotatable bonds is 4. The highest BCUT2D eigenvalue weighted by molar-refractivity contribution is 8.20. The van der Waals surface area contributed by atoms with Crippen molar-refractivity contribution < 1.29 is 3.89 Å². The van der Waals surface area contributed by atoms with Crippen molar-refractivity contribution in [2.45, 2.75) is 0 Å². The number of nitrogens with zero attached hydrogens (tertiary/aromatic N) is 3. The fourth-order valence-corrected chi connectivity index (χ4v) is 4.89. The van der Waals surface area contributed by atoms with Gasteiger partial charge in [0.15, 0.2) is 0 Å². The highest BCUT2D eigenvalue weighted by Gasteiger charge is 2.34. The summed E-state index contributed by atoms with van der Waals surface area (Å²) in [6.45, 7) is 0. The molecule has 0 atom stereocenters. The summed E-state index contributed by atoms with van der Waals surface area (Å²) < 4.78 is 30.9.